The van der Waals surface area contributed by atoms with Gasteiger partial charge in [0.05, 0.1) is 23.7 Å². The Kier molecular flexibility index (Phi) is 3.80. The Morgan fingerprint density at radius 2 is 2.11 bits per heavy atom. The summed E-state index contributed by atoms with van der Waals surface area (Å²) in [5.41, 5.74) is 0.853. The molecule has 1 unspecified atom stereocenters. The molecule has 0 radical (unpaired) electrons. The third-order valence-corrected chi connectivity index (χ3v) is 3.14. The maximum Gasteiger partial charge on any atom is 0.412 e. The first-order valence-corrected chi connectivity index (χ1v) is 6.03. The van der Waals surface area contributed by atoms with Crippen molar-refractivity contribution < 1.29 is 18.3 Å². The molecule has 1 N–H and O–H groups in total. The molecule has 3 nitrogen and oxygen atoms in total. The van der Waals surface area contributed by atoms with Gasteiger partial charge in [-0.05, 0) is 25.5 Å². The van der Waals surface area contributed by atoms with Crippen LogP contribution >= 0.6 is 0 Å². The van der Waals surface area contributed by atoms with E-state index in [2.05, 4.69) is 4.98 Å². The van der Waals surface area contributed by atoms with E-state index in [1.54, 1.807) is 25.3 Å². The number of alkyl halides is 3. The second-order valence-corrected chi connectivity index (χ2v) is 4.54. The van der Waals surface area contributed by atoms with Gasteiger partial charge in [0, 0.05) is 18.7 Å². The molecule has 1 atom stereocenters. The topological polar surface area (TPSA) is 36.4 Å². The third kappa shape index (κ3) is 3.26. The molecule has 0 spiro atoms. The minimum absolute atomic E-state index is 0.0122. The molecule has 0 amide bonds. The molecule has 2 rings (SSSR count). The molecule has 0 fully saturated rings. The van der Waals surface area contributed by atoms with Gasteiger partial charge in [-0.25, -0.2) is 0 Å². The molecule has 0 saturated heterocycles. The van der Waals surface area contributed by atoms with Gasteiger partial charge in [-0.3, -0.25) is 4.98 Å². The fourth-order valence-corrected chi connectivity index (χ4v) is 1.99. The molecule has 2 heterocycles. The number of pyridine rings is 1. The molecular formula is C13H15F3N2O. The van der Waals surface area contributed by atoms with Crippen molar-refractivity contribution in [3.63, 3.8) is 0 Å². The largest absolute Gasteiger partial charge is 0.412 e. The number of halogens is 3. The van der Waals surface area contributed by atoms with E-state index in [1.165, 1.54) is 6.08 Å². The average molecular weight is 272 g/mol. The lowest BCUT2D eigenvalue weighted by molar-refractivity contribution is -0.0943. The lowest BCUT2D eigenvalue weighted by Crippen LogP contribution is -2.31. The molecule has 1 aromatic rings. The summed E-state index contributed by atoms with van der Waals surface area (Å²) in [6.07, 6.45) is -2.09. The minimum atomic E-state index is -4.22. The van der Waals surface area contributed by atoms with Crippen LogP contribution < -0.4 is 4.90 Å². The average Bonchev–Trinajstić information content (AvgIpc) is 2.38. The summed E-state index contributed by atoms with van der Waals surface area (Å²) in [7, 11) is 0. The van der Waals surface area contributed by atoms with E-state index in [0.29, 0.717) is 12.2 Å². The molecule has 19 heavy (non-hydrogen) atoms. The van der Waals surface area contributed by atoms with Gasteiger partial charge in [-0.2, -0.15) is 13.2 Å². The van der Waals surface area contributed by atoms with Crippen molar-refractivity contribution in [1.29, 1.82) is 0 Å². The van der Waals surface area contributed by atoms with Gasteiger partial charge >= 0.3 is 6.18 Å². The summed E-state index contributed by atoms with van der Waals surface area (Å²) in [6, 6.07) is 3.45. The monoisotopic (exact) mass is 272 g/mol. The normalized spacial score (nSPS) is 18.2. The van der Waals surface area contributed by atoms with Crippen LogP contribution in [-0.4, -0.2) is 29.4 Å². The molecule has 0 aliphatic carbocycles. The maximum atomic E-state index is 12.5. The number of hydrogen-bond acceptors (Lipinski definition) is 3. The lowest BCUT2D eigenvalue weighted by atomic mass is 10.1. The molecule has 6 heteroatoms. The standard InChI is InChI=1S/C13H15F3N2O/c1-9(19)12-3-2-11(8-17-12)18-6-4-10(5-7-18)13(14,15)16/h2-4,8-9,19H,5-7H2,1H3. The van der Waals surface area contributed by atoms with Crippen LogP contribution in [0.4, 0.5) is 18.9 Å². The molecule has 1 aromatic heterocycles. The van der Waals surface area contributed by atoms with Crippen molar-refractivity contribution >= 4 is 5.69 Å². The van der Waals surface area contributed by atoms with Gasteiger partial charge in [0.1, 0.15) is 0 Å². The summed E-state index contributed by atoms with van der Waals surface area (Å²) >= 11 is 0. The first-order valence-electron chi connectivity index (χ1n) is 6.03. The highest BCUT2D eigenvalue weighted by Gasteiger charge is 2.34. The van der Waals surface area contributed by atoms with Gasteiger partial charge < -0.3 is 10.0 Å². The van der Waals surface area contributed by atoms with Crippen LogP contribution in [0.3, 0.4) is 0 Å². The predicted octanol–water partition coefficient (Wildman–Crippen LogP) is 2.83. The molecule has 1 aliphatic rings. The summed E-state index contributed by atoms with van der Waals surface area (Å²) in [6.45, 7) is 2.16. The number of hydrogen-bond donors (Lipinski definition) is 1. The Labute approximate surface area is 109 Å². The van der Waals surface area contributed by atoms with Crippen LogP contribution in [-0.2, 0) is 0 Å². The summed E-state index contributed by atoms with van der Waals surface area (Å²) in [4.78, 5) is 5.91. The number of nitrogens with zero attached hydrogens (tertiary/aromatic N) is 2. The van der Waals surface area contributed by atoms with E-state index in [0.717, 1.165) is 5.69 Å². The van der Waals surface area contributed by atoms with Gasteiger partial charge in [0.2, 0.25) is 0 Å². The smallest absolute Gasteiger partial charge is 0.387 e. The van der Waals surface area contributed by atoms with Crippen LogP contribution in [0.15, 0.2) is 30.0 Å². The first kappa shape index (κ1) is 13.9. The zero-order valence-electron chi connectivity index (χ0n) is 10.5. The van der Waals surface area contributed by atoms with E-state index < -0.39 is 17.9 Å². The second-order valence-electron chi connectivity index (χ2n) is 4.54. The quantitative estimate of drug-likeness (QED) is 0.841. The van der Waals surface area contributed by atoms with Gasteiger partial charge in [-0.15, -0.1) is 0 Å². The number of anilines is 1. The van der Waals surface area contributed by atoms with Crippen LogP contribution in [0.25, 0.3) is 0 Å². The van der Waals surface area contributed by atoms with Crippen molar-refractivity contribution in [2.75, 3.05) is 18.0 Å². The van der Waals surface area contributed by atoms with Crippen molar-refractivity contribution in [3.05, 3.63) is 35.7 Å². The van der Waals surface area contributed by atoms with E-state index in [-0.39, 0.29) is 13.0 Å². The Hall–Kier alpha value is -1.56. The maximum absolute atomic E-state index is 12.5. The van der Waals surface area contributed by atoms with Gasteiger partial charge in [0.15, 0.2) is 0 Å². The third-order valence-electron chi connectivity index (χ3n) is 3.14. The highest BCUT2D eigenvalue weighted by atomic mass is 19.4. The van der Waals surface area contributed by atoms with Crippen LogP contribution in [0.1, 0.15) is 25.1 Å². The fourth-order valence-electron chi connectivity index (χ4n) is 1.99. The first-order chi connectivity index (χ1) is 8.88. The Bertz CT molecular complexity index is 466. The highest BCUT2D eigenvalue weighted by Crippen LogP contribution is 2.31. The molecule has 0 bridgehead atoms. The lowest BCUT2D eigenvalue weighted by Gasteiger charge is -2.29. The Balaban J connectivity index is 2.07. The summed E-state index contributed by atoms with van der Waals surface area (Å²) < 4.78 is 37.5. The molecule has 0 aromatic carbocycles. The summed E-state index contributed by atoms with van der Waals surface area (Å²) in [5, 5.41) is 9.34. The molecule has 0 saturated carbocycles. The van der Waals surface area contributed by atoms with E-state index in [1.807, 2.05) is 4.90 Å². The van der Waals surface area contributed by atoms with E-state index in [9.17, 15) is 18.3 Å². The van der Waals surface area contributed by atoms with Crippen molar-refractivity contribution in [2.45, 2.75) is 25.6 Å². The van der Waals surface area contributed by atoms with Crippen molar-refractivity contribution in [2.24, 2.45) is 0 Å². The molecule has 1 aliphatic heterocycles. The molecule has 104 valence electrons. The van der Waals surface area contributed by atoms with Gasteiger partial charge in [-0.1, -0.05) is 6.08 Å². The Morgan fingerprint density at radius 3 is 2.53 bits per heavy atom. The minimum Gasteiger partial charge on any atom is -0.387 e. The second kappa shape index (κ2) is 5.21. The number of aliphatic hydroxyl groups is 1. The number of rotatable bonds is 2. The Morgan fingerprint density at radius 1 is 1.37 bits per heavy atom. The van der Waals surface area contributed by atoms with Crippen molar-refractivity contribution in [1.82, 2.24) is 4.98 Å². The van der Waals surface area contributed by atoms with Crippen LogP contribution in [0.5, 0.6) is 0 Å². The molecular weight excluding hydrogens is 257 g/mol. The highest BCUT2D eigenvalue weighted by molar-refractivity contribution is 5.47. The zero-order valence-corrected chi connectivity index (χ0v) is 10.5. The van der Waals surface area contributed by atoms with Crippen LogP contribution in [0.2, 0.25) is 0 Å². The zero-order chi connectivity index (χ0) is 14.0. The van der Waals surface area contributed by atoms with E-state index >= 15 is 0 Å². The number of aromatic nitrogens is 1. The van der Waals surface area contributed by atoms with Gasteiger partial charge in [0.25, 0.3) is 0 Å². The predicted molar refractivity (Wildman–Crippen MR) is 65.8 cm³/mol. The fraction of sp³-hybridized carbons (Fsp3) is 0.462. The summed E-state index contributed by atoms with van der Waals surface area (Å²) in [5.74, 6) is 0. The van der Waals surface area contributed by atoms with Crippen molar-refractivity contribution in [3.8, 4) is 0 Å². The van der Waals surface area contributed by atoms with Crippen LogP contribution in [0, 0.1) is 0 Å². The number of aliphatic hydroxyl groups excluding tert-OH is 1. The SMILES string of the molecule is CC(O)c1ccc(N2CC=C(C(F)(F)F)CC2)cn1. The van der Waals surface area contributed by atoms with E-state index in [4.69, 9.17) is 0 Å².